The molecule has 3 aromatic carbocycles. The zero-order valence-electron chi connectivity index (χ0n) is 18.3. The van der Waals surface area contributed by atoms with E-state index in [1.807, 2.05) is 98.8 Å². The second-order valence-electron chi connectivity index (χ2n) is 7.71. The van der Waals surface area contributed by atoms with Crippen LogP contribution in [0.5, 0.6) is 0 Å². The van der Waals surface area contributed by atoms with Gasteiger partial charge < -0.3 is 10.2 Å². The quantitative estimate of drug-likeness (QED) is 0.567. The number of likely N-dealkylation sites (N-methyl/N-ethyl adjacent to an activating group) is 1. The van der Waals surface area contributed by atoms with Gasteiger partial charge in [0, 0.05) is 19.5 Å². The van der Waals surface area contributed by atoms with Gasteiger partial charge >= 0.3 is 0 Å². The van der Waals surface area contributed by atoms with E-state index in [2.05, 4.69) is 5.32 Å². The Balaban J connectivity index is 1.95. The molecule has 3 aromatic rings. The van der Waals surface area contributed by atoms with Crippen LogP contribution in [-0.4, -0.2) is 29.3 Å². The van der Waals surface area contributed by atoms with Crippen LogP contribution in [0.15, 0.2) is 84.9 Å². The van der Waals surface area contributed by atoms with Crippen molar-refractivity contribution >= 4 is 11.8 Å². The number of nitrogens with one attached hydrogen (secondary N) is 1. The van der Waals surface area contributed by atoms with Gasteiger partial charge in [0.05, 0.1) is 6.42 Å². The van der Waals surface area contributed by atoms with E-state index >= 15 is 0 Å². The lowest BCUT2D eigenvalue weighted by Crippen LogP contribution is -2.51. The van der Waals surface area contributed by atoms with Crippen LogP contribution in [0.2, 0.25) is 0 Å². The molecule has 0 unspecified atom stereocenters. The number of hydrogen-bond donors (Lipinski definition) is 1. The van der Waals surface area contributed by atoms with E-state index in [1.165, 1.54) is 0 Å². The van der Waals surface area contributed by atoms with Crippen molar-refractivity contribution in [2.75, 3.05) is 6.54 Å². The van der Waals surface area contributed by atoms with Crippen LogP contribution < -0.4 is 5.32 Å². The van der Waals surface area contributed by atoms with E-state index in [0.717, 1.165) is 22.3 Å². The third-order valence-corrected chi connectivity index (χ3v) is 5.42. The summed E-state index contributed by atoms with van der Waals surface area (Å²) in [7, 11) is 0. The highest BCUT2D eigenvalue weighted by atomic mass is 16.2. The first kappa shape index (κ1) is 22.3. The molecule has 0 saturated carbocycles. The molecule has 0 heterocycles. The van der Waals surface area contributed by atoms with Crippen molar-refractivity contribution in [3.63, 3.8) is 0 Å². The van der Waals surface area contributed by atoms with Gasteiger partial charge in [-0.2, -0.15) is 0 Å². The van der Waals surface area contributed by atoms with Crippen molar-refractivity contribution in [2.45, 2.75) is 39.3 Å². The van der Waals surface area contributed by atoms with E-state index in [-0.39, 0.29) is 18.2 Å². The van der Waals surface area contributed by atoms with E-state index in [1.54, 1.807) is 4.90 Å². The number of benzene rings is 3. The van der Waals surface area contributed by atoms with Gasteiger partial charge in [-0.05, 0) is 36.1 Å². The predicted octanol–water partition coefficient (Wildman–Crippen LogP) is 4.31. The maximum atomic E-state index is 13.5. The molecular formula is C27H30N2O2. The molecule has 0 fully saturated rings. The Morgan fingerprint density at radius 1 is 0.839 bits per heavy atom. The first-order chi connectivity index (χ1) is 15.1. The largest absolute Gasteiger partial charge is 0.355 e. The Bertz CT molecular complexity index is 986. The number of hydrogen-bond acceptors (Lipinski definition) is 2. The van der Waals surface area contributed by atoms with Crippen molar-refractivity contribution in [1.82, 2.24) is 10.2 Å². The SMILES string of the molecule is CCNC(=O)[C@@H](Cc1ccccc1)N(Cc1ccccc1C)C(=O)Cc1ccccc1. The van der Waals surface area contributed by atoms with Crippen molar-refractivity contribution in [2.24, 2.45) is 0 Å². The molecule has 3 rings (SSSR count). The normalized spacial score (nSPS) is 11.5. The lowest BCUT2D eigenvalue weighted by Gasteiger charge is -2.32. The van der Waals surface area contributed by atoms with Crippen LogP contribution >= 0.6 is 0 Å². The van der Waals surface area contributed by atoms with Gasteiger partial charge in [-0.15, -0.1) is 0 Å². The minimum Gasteiger partial charge on any atom is -0.355 e. The Kier molecular flexibility index (Phi) is 7.99. The molecule has 4 heteroatoms. The van der Waals surface area contributed by atoms with Crippen LogP contribution in [-0.2, 0) is 29.0 Å². The van der Waals surface area contributed by atoms with Crippen LogP contribution in [0.25, 0.3) is 0 Å². The highest BCUT2D eigenvalue weighted by molar-refractivity contribution is 5.88. The number of amides is 2. The molecule has 0 spiro atoms. The molecule has 0 bridgehead atoms. The fourth-order valence-corrected chi connectivity index (χ4v) is 3.69. The molecule has 0 saturated heterocycles. The fourth-order valence-electron chi connectivity index (χ4n) is 3.69. The summed E-state index contributed by atoms with van der Waals surface area (Å²) in [6.07, 6.45) is 0.733. The zero-order valence-corrected chi connectivity index (χ0v) is 18.3. The summed E-state index contributed by atoms with van der Waals surface area (Å²) in [4.78, 5) is 28.4. The maximum absolute atomic E-state index is 13.5. The molecule has 0 aromatic heterocycles. The molecule has 0 aliphatic heterocycles. The Labute approximate surface area is 184 Å². The van der Waals surface area contributed by atoms with Crippen LogP contribution in [0, 0.1) is 6.92 Å². The summed E-state index contributed by atoms with van der Waals surface area (Å²) in [6.45, 7) is 4.85. The topological polar surface area (TPSA) is 49.4 Å². The first-order valence-electron chi connectivity index (χ1n) is 10.8. The molecule has 0 aliphatic rings. The highest BCUT2D eigenvalue weighted by Gasteiger charge is 2.30. The summed E-state index contributed by atoms with van der Waals surface area (Å²) in [5, 5.41) is 2.93. The highest BCUT2D eigenvalue weighted by Crippen LogP contribution is 2.18. The summed E-state index contributed by atoms with van der Waals surface area (Å²) in [6, 6.07) is 27.0. The van der Waals surface area contributed by atoms with Gasteiger partial charge in [0.15, 0.2) is 0 Å². The minimum atomic E-state index is -0.585. The number of carbonyl (C=O) groups is 2. The minimum absolute atomic E-state index is 0.0540. The first-order valence-corrected chi connectivity index (χ1v) is 10.8. The molecule has 1 atom stereocenters. The number of aryl methyl sites for hydroxylation is 1. The summed E-state index contributed by atoms with van der Waals surface area (Å²) >= 11 is 0. The van der Waals surface area contributed by atoms with Crippen molar-refractivity contribution < 1.29 is 9.59 Å². The van der Waals surface area contributed by atoms with Crippen LogP contribution in [0.1, 0.15) is 29.2 Å². The van der Waals surface area contributed by atoms with E-state index in [0.29, 0.717) is 19.5 Å². The number of carbonyl (C=O) groups excluding carboxylic acids is 2. The average Bonchev–Trinajstić information content (AvgIpc) is 2.79. The van der Waals surface area contributed by atoms with Gasteiger partial charge in [-0.3, -0.25) is 9.59 Å². The summed E-state index contributed by atoms with van der Waals surface area (Å²) < 4.78 is 0. The molecule has 0 radical (unpaired) electrons. The van der Waals surface area contributed by atoms with Crippen LogP contribution in [0.4, 0.5) is 0 Å². The van der Waals surface area contributed by atoms with Crippen molar-refractivity contribution in [3.8, 4) is 0 Å². The van der Waals surface area contributed by atoms with Crippen molar-refractivity contribution in [1.29, 1.82) is 0 Å². The number of nitrogens with zero attached hydrogens (tertiary/aromatic N) is 1. The van der Waals surface area contributed by atoms with E-state index in [4.69, 9.17) is 0 Å². The second-order valence-corrected chi connectivity index (χ2v) is 7.71. The van der Waals surface area contributed by atoms with Crippen LogP contribution in [0.3, 0.4) is 0 Å². The smallest absolute Gasteiger partial charge is 0.243 e. The monoisotopic (exact) mass is 414 g/mol. The van der Waals surface area contributed by atoms with Gasteiger partial charge in [0.1, 0.15) is 6.04 Å². The summed E-state index contributed by atoms with van der Waals surface area (Å²) in [5.41, 5.74) is 4.12. The van der Waals surface area contributed by atoms with Gasteiger partial charge in [-0.25, -0.2) is 0 Å². The predicted molar refractivity (Wildman–Crippen MR) is 124 cm³/mol. The van der Waals surface area contributed by atoms with Gasteiger partial charge in [0.2, 0.25) is 11.8 Å². The van der Waals surface area contributed by atoms with Gasteiger partial charge in [0.25, 0.3) is 0 Å². The third kappa shape index (κ3) is 6.29. The molecule has 2 amide bonds. The molecule has 0 aliphatic carbocycles. The standard InChI is InChI=1S/C27H30N2O2/c1-3-28-27(31)25(18-22-13-6-4-7-14-22)29(20-24-17-11-10-12-21(24)2)26(30)19-23-15-8-5-9-16-23/h4-17,25H,3,18-20H2,1-2H3,(H,28,31)/t25-/m1/s1. The molecule has 31 heavy (non-hydrogen) atoms. The zero-order chi connectivity index (χ0) is 22.1. The number of rotatable bonds is 9. The lowest BCUT2D eigenvalue weighted by molar-refractivity contribution is -0.140. The van der Waals surface area contributed by atoms with Gasteiger partial charge in [-0.1, -0.05) is 84.9 Å². The molecular weight excluding hydrogens is 384 g/mol. The molecule has 160 valence electrons. The Morgan fingerprint density at radius 3 is 2.03 bits per heavy atom. The molecule has 1 N–H and O–H groups in total. The maximum Gasteiger partial charge on any atom is 0.243 e. The Hall–Kier alpha value is -3.40. The van der Waals surface area contributed by atoms with Crippen molar-refractivity contribution in [3.05, 3.63) is 107 Å². The third-order valence-electron chi connectivity index (χ3n) is 5.42. The average molecular weight is 415 g/mol. The van der Waals surface area contributed by atoms with E-state index < -0.39 is 6.04 Å². The van der Waals surface area contributed by atoms with E-state index in [9.17, 15) is 9.59 Å². The lowest BCUT2D eigenvalue weighted by atomic mass is 10.0. The summed E-state index contributed by atoms with van der Waals surface area (Å²) in [5.74, 6) is -0.178. The second kappa shape index (κ2) is 11.1. The Morgan fingerprint density at radius 2 is 1.42 bits per heavy atom. The molecule has 4 nitrogen and oxygen atoms in total. The fraction of sp³-hybridized carbons (Fsp3) is 0.259.